The fraction of sp³-hybridized carbons (Fsp3) is 0.360. The average molecular weight is 530 g/mol. The van der Waals surface area contributed by atoms with Gasteiger partial charge in [0.05, 0.1) is 18.7 Å². The molecule has 3 aromatic rings. The molecule has 0 saturated carbocycles. The van der Waals surface area contributed by atoms with Crippen LogP contribution in [0.3, 0.4) is 0 Å². The van der Waals surface area contributed by atoms with E-state index in [2.05, 4.69) is 46.1 Å². The molecule has 0 amide bonds. The Balaban J connectivity index is 1.52. The molecule has 0 radical (unpaired) electrons. The second-order valence-corrected chi connectivity index (χ2v) is 10.2. The number of carbonyl (C=O) groups is 1. The van der Waals surface area contributed by atoms with E-state index in [4.69, 9.17) is 20.2 Å². The summed E-state index contributed by atoms with van der Waals surface area (Å²) in [6.07, 6.45) is 0.774. The van der Waals surface area contributed by atoms with Crippen LogP contribution in [0, 0.1) is 18.8 Å². The summed E-state index contributed by atoms with van der Waals surface area (Å²) < 4.78 is 12.1. The molecule has 1 saturated heterocycles. The molecule has 0 spiro atoms. The van der Waals surface area contributed by atoms with Crippen LogP contribution in [0.5, 0.6) is 5.75 Å². The normalized spacial score (nSPS) is 18.2. The van der Waals surface area contributed by atoms with E-state index >= 15 is 0 Å². The molecule has 2 heterocycles. The molecule has 2 N–H and O–H groups in total. The van der Waals surface area contributed by atoms with Crippen molar-refractivity contribution in [3.8, 4) is 17.0 Å². The maximum atomic E-state index is 12.0. The summed E-state index contributed by atoms with van der Waals surface area (Å²) in [7, 11) is 1.46. The maximum absolute atomic E-state index is 12.0. The van der Waals surface area contributed by atoms with E-state index in [0.717, 1.165) is 57.2 Å². The Morgan fingerprint density at radius 3 is 2.85 bits per heavy atom. The first-order chi connectivity index (χ1) is 15.9. The Labute approximate surface area is 206 Å². The van der Waals surface area contributed by atoms with Gasteiger partial charge in [0.1, 0.15) is 12.4 Å². The Bertz CT molecular complexity index is 1150. The van der Waals surface area contributed by atoms with E-state index in [0.29, 0.717) is 12.3 Å². The number of rotatable bonds is 6. The van der Waals surface area contributed by atoms with Crippen LogP contribution < -0.4 is 15.4 Å². The van der Waals surface area contributed by atoms with Crippen molar-refractivity contribution in [2.75, 3.05) is 30.8 Å². The number of nitrogens with two attached hydrogens (primary N) is 1. The predicted octanol–water partition coefficient (Wildman–Crippen LogP) is 5.68. The lowest BCUT2D eigenvalue weighted by Crippen LogP contribution is -2.42. The van der Waals surface area contributed by atoms with Crippen LogP contribution in [0.1, 0.15) is 24.5 Å². The van der Waals surface area contributed by atoms with Crippen molar-refractivity contribution in [3.05, 3.63) is 57.4 Å². The quantitative estimate of drug-likeness (QED) is 0.327. The average Bonchev–Trinajstić information content (AvgIpc) is 3.29. The van der Waals surface area contributed by atoms with E-state index in [-0.39, 0.29) is 17.8 Å². The van der Waals surface area contributed by atoms with E-state index in [1.165, 1.54) is 7.11 Å². The summed E-state index contributed by atoms with van der Waals surface area (Å²) in [4.78, 5) is 19.2. The summed E-state index contributed by atoms with van der Waals surface area (Å²) in [6, 6.07) is 11.9. The van der Waals surface area contributed by atoms with E-state index in [9.17, 15) is 4.79 Å². The number of hydrogen-bond acceptors (Lipinski definition) is 7. The molecule has 4 rings (SSSR count). The lowest BCUT2D eigenvalue weighted by molar-refractivity contribution is -0.147. The van der Waals surface area contributed by atoms with E-state index < -0.39 is 0 Å². The number of aromatic nitrogens is 1. The zero-order valence-corrected chi connectivity index (χ0v) is 21.4. The van der Waals surface area contributed by atoms with Crippen LogP contribution in [0.15, 0.2) is 46.3 Å². The summed E-state index contributed by atoms with van der Waals surface area (Å²) in [5.74, 6) is 0.828. The third-order valence-electron chi connectivity index (χ3n) is 6.07. The molecule has 33 heavy (non-hydrogen) atoms. The molecule has 1 aliphatic rings. The maximum Gasteiger partial charge on any atom is 0.309 e. The summed E-state index contributed by atoms with van der Waals surface area (Å²) in [6.45, 7) is 6.11. The van der Waals surface area contributed by atoms with Crippen molar-refractivity contribution in [2.45, 2.75) is 26.9 Å². The molecule has 1 aromatic heterocycles. The zero-order chi connectivity index (χ0) is 23.5. The van der Waals surface area contributed by atoms with Crippen molar-refractivity contribution in [1.29, 1.82) is 0 Å². The first-order valence-electron chi connectivity index (χ1n) is 10.9. The van der Waals surface area contributed by atoms with Gasteiger partial charge in [-0.25, -0.2) is 4.98 Å². The number of benzene rings is 2. The Morgan fingerprint density at radius 1 is 1.30 bits per heavy atom. The van der Waals surface area contributed by atoms with Gasteiger partial charge in [-0.15, -0.1) is 11.3 Å². The highest BCUT2D eigenvalue weighted by Crippen LogP contribution is 2.37. The number of nitrogens with zero attached hydrogens (tertiary/aromatic N) is 2. The Kier molecular flexibility index (Phi) is 7.24. The topological polar surface area (TPSA) is 77.7 Å². The summed E-state index contributed by atoms with van der Waals surface area (Å²) in [5, 5.41) is 3.03. The molecular formula is C25H28BrN3O3S. The minimum Gasteiger partial charge on any atom is -0.488 e. The Morgan fingerprint density at radius 2 is 2.12 bits per heavy atom. The lowest BCUT2D eigenvalue weighted by atomic mass is 9.87. The van der Waals surface area contributed by atoms with Crippen molar-refractivity contribution >= 4 is 44.1 Å². The van der Waals surface area contributed by atoms with Gasteiger partial charge in [0.25, 0.3) is 0 Å². The molecule has 2 atom stereocenters. The van der Waals surface area contributed by atoms with Crippen molar-refractivity contribution in [2.24, 2.45) is 11.8 Å². The number of hydrogen-bond donors (Lipinski definition) is 1. The minimum atomic E-state index is -0.116. The molecule has 174 valence electrons. The lowest BCUT2D eigenvalue weighted by Gasteiger charge is -2.35. The molecule has 2 aromatic carbocycles. The number of methoxy groups -OCH3 is 1. The van der Waals surface area contributed by atoms with E-state index in [1.807, 2.05) is 30.3 Å². The van der Waals surface area contributed by atoms with Crippen LogP contribution in [0.2, 0.25) is 0 Å². The standard InChI is InChI=1S/C25H28BrN3O3S/c1-15-4-7-23(32-13-17-5-6-18(26)11-21(17)27)20(10-15)22-14-33-25(28-22)29-9-8-19(16(2)12-29)24(30)31-3/h4-7,10-11,14,16,19H,8-9,12-13,27H2,1-3H3/t16-,19+/m0/s1. The number of carbonyl (C=O) groups excluding carboxylic acids is 1. The van der Waals surface area contributed by atoms with Gasteiger partial charge in [-0.3, -0.25) is 4.79 Å². The fourth-order valence-electron chi connectivity index (χ4n) is 4.18. The fourth-order valence-corrected chi connectivity index (χ4v) is 5.42. The molecule has 0 unspecified atom stereocenters. The highest BCUT2D eigenvalue weighted by molar-refractivity contribution is 9.10. The van der Waals surface area contributed by atoms with Crippen molar-refractivity contribution in [1.82, 2.24) is 4.98 Å². The highest BCUT2D eigenvalue weighted by Gasteiger charge is 2.33. The van der Waals surface area contributed by atoms with Gasteiger partial charge < -0.3 is 20.1 Å². The molecule has 1 aliphatic heterocycles. The van der Waals surface area contributed by atoms with Crippen molar-refractivity contribution < 1.29 is 14.3 Å². The van der Waals surface area contributed by atoms with Crippen LogP contribution >= 0.6 is 27.3 Å². The number of thiazole rings is 1. The van der Waals surface area contributed by atoms with Crippen LogP contribution in [0.25, 0.3) is 11.3 Å². The predicted molar refractivity (Wildman–Crippen MR) is 137 cm³/mol. The smallest absolute Gasteiger partial charge is 0.309 e. The number of aryl methyl sites for hydroxylation is 1. The van der Waals surface area contributed by atoms with Crippen LogP contribution in [-0.2, 0) is 16.1 Å². The molecule has 6 nitrogen and oxygen atoms in total. The van der Waals surface area contributed by atoms with Gasteiger partial charge >= 0.3 is 5.97 Å². The molecular weight excluding hydrogens is 502 g/mol. The van der Waals surface area contributed by atoms with Gasteiger partial charge in [0.15, 0.2) is 5.13 Å². The number of nitrogen functional groups attached to an aromatic ring is 1. The SMILES string of the molecule is COC(=O)[C@@H]1CCN(c2nc(-c3cc(C)ccc3OCc3ccc(Br)cc3N)cs2)C[C@@H]1C. The first-order valence-corrected chi connectivity index (χ1v) is 12.6. The van der Waals surface area contributed by atoms with Gasteiger partial charge in [-0.05, 0) is 43.5 Å². The van der Waals surface area contributed by atoms with Crippen LogP contribution in [0.4, 0.5) is 10.8 Å². The van der Waals surface area contributed by atoms with Gasteiger partial charge in [0, 0.05) is 39.8 Å². The van der Waals surface area contributed by atoms with E-state index in [1.54, 1.807) is 11.3 Å². The summed E-state index contributed by atoms with van der Waals surface area (Å²) >= 11 is 5.06. The molecule has 0 aliphatic carbocycles. The minimum absolute atomic E-state index is 0.0477. The number of piperidine rings is 1. The largest absolute Gasteiger partial charge is 0.488 e. The number of ether oxygens (including phenoxy) is 2. The number of esters is 1. The third kappa shape index (κ3) is 5.33. The molecule has 0 bridgehead atoms. The second-order valence-electron chi connectivity index (χ2n) is 8.49. The third-order valence-corrected chi connectivity index (χ3v) is 7.47. The monoisotopic (exact) mass is 529 g/mol. The number of halogens is 1. The second kappa shape index (κ2) is 10.1. The van der Waals surface area contributed by atoms with Crippen molar-refractivity contribution in [3.63, 3.8) is 0 Å². The first kappa shape index (κ1) is 23.6. The van der Waals surface area contributed by atoms with Gasteiger partial charge in [-0.2, -0.15) is 0 Å². The van der Waals surface area contributed by atoms with Crippen LogP contribution in [-0.4, -0.2) is 31.2 Å². The summed E-state index contributed by atoms with van der Waals surface area (Å²) in [5.41, 5.74) is 10.8. The molecule has 1 fully saturated rings. The zero-order valence-electron chi connectivity index (χ0n) is 19.0. The highest BCUT2D eigenvalue weighted by atomic mass is 79.9. The molecule has 8 heteroatoms. The number of anilines is 2. The van der Waals surface area contributed by atoms with Gasteiger partial charge in [0.2, 0.25) is 0 Å². The Hall–Kier alpha value is -2.58. The van der Waals surface area contributed by atoms with Gasteiger partial charge in [-0.1, -0.05) is 40.5 Å².